The maximum absolute atomic E-state index is 12.1. The topological polar surface area (TPSA) is 80.3 Å². The Balaban J connectivity index is 1.88. The Hall–Kier alpha value is -2.41. The van der Waals surface area contributed by atoms with Gasteiger partial charge in [0.05, 0.1) is 12.8 Å². The quantitative estimate of drug-likeness (QED) is 0.430. The van der Waals surface area contributed by atoms with Gasteiger partial charge in [-0.15, -0.1) is 11.3 Å². The molecule has 7 heteroatoms. The molecule has 0 unspecified atom stereocenters. The van der Waals surface area contributed by atoms with E-state index in [1.165, 1.54) is 7.11 Å². The SMILES string of the molecule is COC(=O)CCCCCNc1nc(-c2ccc(NC(=O)C(C)(C)C)cc2)c(C)s1. The number of amides is 1. The first kappa shape index (κ1) is 22.9. The molecule has 1 aromatic carbocycles. The predicted molar refractivity (Wildman–Crippen MR) is 119 cm³/mol. The van der Waals surface area contributed by atoms with Crippen LogP contribution in [0.15, 0.2) is 24.3 Å². The number of nitrogens with one attached hydrogen (secondary N) is 2. The van der Waals surface area contributed by atoms with E-state index in [4.69, 9.17) is 4.98 Å². The van der Waals surface area contributed by atoms with Crippen LogP contribution in [0.3, 0.4) is 0 Å². The standard InChI is InChI=1S/C22H31N3O3S/c1-15-19(16-10-12-17(13-11-16)24-20(27)22(2,3)4)25-21(29-15)23-14-8-6-7-9-18(26)28-5/h10-13H,6-9,14H2,1-5H3,(H,23,25)(H,24,27). The number of hydrogen-bond acceptors (Lipinski definition) is 6. The van der Waals surface area contributed by atoms with Crippen LogP contribution in [0.4, 0.5) is 10.8 Å². The Morgan fingerprint density at radius 3 is 2.41 bits per heavy atom. The largest absolute Gasteiger partial charge is 0.469 e. The number of hydrogen-bond donors (Lipinski definition) is 2. The van der Waals surface area contributed by atoms with Crippen molar-refractivity contribution in [3.63, 3.8) is 0 Å². The summed E-state index contributed by atoms with van der Waals surface area (Å²) in [5.74, 6) is -0.157. The number of rotatable bonds is 9. The van der Waals surface area contributed by atoms with Crippen LogP contribution in [0.25, 0.3) is 11.3 Å². The van der Waals surface area contributed by atoms with Crippen LogP contribution < -0.4 is 10.6 Å². The number of benzene rings is 1. The van der Waals surface area contributed by atoms with Gasteiger partial charge in [-0.3, -0.25) is 9.59 Å². The van der Waals surface area contributed by atoms with E-state index in [2.05, 4.69) is 22.3 Å². The first-order valence-electron chi connectivity index (χ1n) is 9.90. The number of methoxy groups -OCH3 is 1. The lowest BCUT2D eigenvalue weighted by Gasteiger charge is -2.17. The van der Waals surface area contributed by atoms with Gasteiger partial charge < -0.3 is 15.4 Å². The minimum Gasteiger partial charge on any atom is -0.469 e. The molecule has 0 spiro atoms. The van der Waals surface area contributed by atoms with Gasteiger partial charge in [0.25, 0.3) is 0 Å². The highest BCUT2D eigenvalue weighted by atomic mass is 32.1. The van der Waals surface area contributed by atoms with Crippen molar-refractivity contribution in [3.8, 4) is 11.3 Å². The number of ether oxygens (including phenoxy) is 1. The first-order valence-corrected chi connectivity index (χ1v) is 10.7. The number of aromatic nitrogens is 1. The van der Waals surface area contributed by atoms with E-state index >= 15 is 0 Å². The van der Waals surface area contributed by atoms with Crippen LogP contribution >= 0.6 is 11.3 Å². The number of unbranched alkanes of at least 4 members (excludes halogenated alkanes) is 2. The summed E-state index contributed by atoms with van der Waals surface area (Å²) in [6, 6.07) is 7.78. The third kappa shape index (κ3) is 7.16. The highest BCUT2D eigenvalue weighted by Crippen LogP contribution is 2.31. The van der Waals surface area contributed by atoms with Crippen LogP contribution in [0.5, 0.6) is 0 Å². The molecule has 0 radical (unpaired) electrons. The maximum atomic E-state index is 12.1. The molecule has 29 heavy (non-hydrogen) atoms. The fourth-order valence-corrected chi connectivity index (χ4v) is 3.50. The normalized spacial score (nSPS) is 11.2. The molecule has 0 bridgehead atoms. The van der Waals surface area contributed by atoms with Crippen molar-refractivity contribution in [2.24, 2.45) is 5.41 Å². The first-order chi connectivity index (χ1) is 13.7. The fraction of sp³-hybridized carbons (Fsp3) is 0.500. The van der Waals surface area contributed by atoms with Gasteiger partial charge in [-0.05, 0) is 31.9 Å². The summed E-state index contributed by atoms with van der Waals surface area (Å²) < 4.78 is 4.64. The number of aryl methyl sites for hydroxylation is 1. The summed E-state index contributed by atoms with van der Waals surface area (Å²) in [7, 11) is 1.42. The number of nitrogens with zero attached hydrogens (tertiary/aromatic N) is 1. The number of esters is 1. The van der Waals surface area contributed by atoms with Crippen LogP contribution in [0.1, 0.15) is 51.3 Å². The molecule has 2 aromatic rings. The Morgan fingerprint density at radius 1 is 1.10 bits per heavy atom. The van der Waals surface area contributed by atoms with Crippen LogP contribution in [-0.2, 0) is 14.3 Å². The van der Waals surface area contributed by atoms with Gasteiger partial charge >= 0.3 is 5.97 Å². The molecule has 0 fully saturated rings. The third-order valence-corrected chi connectivity index (χ3v) is 5.38. The van der Waals surface area contributed by atoms with E-state index in [0.29, 0.717) is 6.42 Å². The fourth-order valence-electron chi connectivity index (χ4n) is 2.64. The molecule has 0 aliphatic rings. The summed E-state index contributed by atoms with van der Waals surface area (Å²) in [6.45, 7) is 8.56. The Morgan fingerprint density at radius 2 is 1.79 bits per heavy atom. The van der Waals surface area contributed by atoms with Crippen LogP contribution in [0, 0.1) is 12.3 Å². The van der Waals surface area contributed by atoms with Gasteiger partial charge in [-0.25, -0.2) is 4.98 Å². The molecule has 0 saturated carbocycles. The van der Waals surface area contributed by atoms with Gasteiger partial charge in [-0.2, -0.15) is 0 Å². The van der Waals surface area contributed by atoms with Crippen molar-refractivity contribution in [3.05, 3.63) is 29.1 Å². The van der Waals surface area contributed by atoms with E-state index < -0.39 is 5.41 Å². The lowest BCUT2D eigenvalue weighted by atomic mass is 9.95. The molecule has 2 rings (SSSR count). The molecular formula is C22H31N3O3S. The Bertz CT molecular complexity index is 823. The van der Waals surface area contributed by atoms with E-state index in [1.807, 2.05) is 45.0 Å². The highest BCUT2D eigenvalue weighted by molar-refractivity contribution is 7.16. The van der Waals surface area contributed by atoms with E-state index in [1.54, 1.807) is 11.3 Å². The lowest BCUT2D eigenvalue weighted by molar-refractivity contribution is -0.140. The molecule has 1 amide bonds. The molecular weight excluding hydrogens is 386 g/mol. The number of anilines is 2. The molecule has 1 heterocycles. The second-order valence-electron chi connectivity index (χ2n) is 8.02. The van der Waals surface area contributed by atoms with Crippen molar-refractivity contribution in [1.82, 2.24) is 4.98 Å². The molecule has 158 valence electrons. The molecule has 0 aliphatic heterocycles. The maximum Gasteiger partial charge on any atom is 0.305 e. The third-order valence-electron chi connectivity index (χ3n) is 4.46. The molecule has 0 aliphatic carbocycles. The van der Waals surface area contributed by atoms with Crippen molar-refractivity contribution >= 4 is 34.0 Å². The van der Waals surface area contributed by atoms with Crippen molar-refractivity contribution in [2.75, 3.05) is 24.3 Å². The smallest absolute Gasteiger partial charge is 0.305 e. The summed E-state index contributed by atoms with van der Waals surface area (Å²) in [4.78, 5) is 29.1. The van der Waals surface area contributed by atoms with Gasteiger partial charge in [0.1, 0.15) is 0 Å². The summed E-state index contributed by atoms with van der Waals surface area (Å²) >= 11 is 1.63. The van der Waals surface area contributed by atoms with Gasteiger partial charge in [-0.1, -0.05) is 39.3 Å². The van der Waals surface area contributed by atoms with Crippen LogP contribution in [0.2, 0.25) is 0 Å². The zero-order valence-corrected chi connectivity index (χ0v) is 18.7. The van der Waals surface area contributed by atoms with Crippen molar-refractivity contribution in [1.29, 1.82) is 0 Å². The second kappa shape index (κ2) is 10.4. The molecule has 1 aromatic heterocycles. The average Bonchev–Trinajstić information content (AvgIpc) is 3.04. The summed E-state index contributed by atoms with van der Waals surface area (Å²) in [5, 5.41) is 7.20. The number of thiazole rings is 1. The molecule has 0 atom stereocenters. The summed E-state index contributed by atoms with van der Waals surface area (Å²) in [5.41, 5.74) is 2.34. The zero-order chi connectivity index (χ0) is 21.4. The molecule has 2 N–H and O–H groups in total. The van der Waals surface area contributed by atoms with E-state index in [0.717, 1.165) is 52.8 Å². The highest BCUT2D eigenvalue weighted by Gasteiger charge is 2.21. The van der Waals surface area contributed by atoms with Gasteiger partial charge in [0.15, 0.2) is 5.13 Å². The zero-order valence-electron chi connectivity index (χ0n) is 17.9. The Labute approximate surface area is 177 Å². The minimum atomic E-state index is -0.427. The minimum absolute atomic E-state index is 0.00633. The second-order valence-corrected chi connectivity index (χ2v) is 9.22. The van der Waals surface area contributed by atoms with E-state index in [9.17, 15) is 9.59 Å². The van der Waals surface area contributed by atoms with Gasteiger partial charge in [0, 0.05) is 34.5 Å². The van der Waals surface area contributed by atoms with Crippen LogP contribution in [-0.4, -0.2) is 30.5 Å². The van der Waals surface area contributed by atoms with Gasteiger partial charge in [0.2, 0.25) is 5.91 Å². The summed E-state index contributed by atoms with van der Waals surface area (Å²) in [6.07, 6.45) is 3.27. The average molecular weight is 418 g/mol. The lowest BCUT2D eigenvalue weighted by Crippen LogP contribution is -2.27. The predicted octanol–water partition coefficient (Wildman–Crippen LogP) is 5.25. The monoisotopic (exact) mass is 417 g/mol. The molecule has 6 nitrogen and oxygen atoms in total. The number of carbonyl (C=O) groups is 2. The number of carbonyl (C=O) groups excluding carboxylic acids is 2. The van der Waals surface area contributed by atoms with Crippen molar-refractivity contribution in [2.45, 2.75) is 53.4 Å². The molecule has 0 saturated heterocycles. The van der Waals surface area contributed by atoms with Crippen molar-refractivity contribution < 1.29 is 14.3 Å². The van der Waals surface area contributed by atoms with E-state index in [-0.39, 0.29) is 11.9 Å². The Kier molecular flexibility index (Phi) is 8.20.